The van der Waals surface area contributed by atoms with E-state index in [1.54, 1.807) is 0 Å². The second-order valence-corrected chi connectivity index (χ2v) is 12.0. The van der Waals surface area contributed by atoms with Crippen LogP contribution in [0.2, 0.25) is 0 Å². The maximum absolute atomic E-state index is 13.1. The average molecular weight is 554 g/mol. The molecular formula is C34H67NO4. The molecule has 0 rings (SSSR count). The number of carbonyl (C=O) groups excluding carboxylic acids is 2. The lowest BCUT2D eigenvalue weighted by atomic mass is 9.95. The molecule has 0 saturated heterocycles. The van der Waals surface area contributed by atoms with Crippen molar-refractivity contribution in [3.8, 4) is 0 Å². The molecule has 0 aromatic rings. The molecule has 2 atom stereocenters. The lowest BCUT2D eigenvalue weighted by molar-refractivity contribution is -0.162. The number of ether oxygens (including phenoxy) is 2. The van der Waals surface area contributed by atoms with Gasteiger partial charge in [-0.1, -0.05) is 130 Å². The summed E-state index contributed by atoms with van der Waals surface area (Å²) in [4.78, 5) is 27.6. The van der Waals surface area contributed by atoms with E-state index >= 15 is 0 Å². The third-order valence-corrected chi connectivity index (χ3v) is 7.72. The summed E-state index contributed by atoms with van der Waals surface area (Å²) in [5, 5.41) is 0. The molecule has 0 heterocycles. The van der Waals surface area contributed by atoms with E-state index in [-0.39, 0.29) is 30.6 Å². The normalized spacial score (nSPS) is 13.0. The van der Waals surface area contributed by atoms with Gasteiger partial charge in [0.25, 0.3) is 0 Å². The Labute approximate surface area is 243 Å². The van der Waals surface area contributed by atoms with Gasteiger partial charge in [0, 0.05) is 6.42 Å². The molecule has 0 spiro atoms. The molecule has 0 aliphatic carbocycles. The predicted molar refractivity (Wildman–Crippen MR) is 166 cm³/mol. The Morgan fingerprint density at radius 1 is 0.590 bits per heavy atom. The monoisotopic (exact) mass is 554 g/mol. The van der Waals surface area contributed by atoms with Crippen molar-refractivity contribution in [3.63, 3.8) is 0 Å². The van der Waals surface area contributed by atoms with Crippen LogP contribution >= 0.6 is 0 Å². The van der Waals surface area contributed by atoms with Gasteiger partial charge in [0.2, 0.25) is 0 Å². The first kappa shape index (κ1) is 37.9. The molecule has 0 aliphatic heterocycles. The van der Waals surface area contributed by atoms with Gasteiger partial charge in [-0.2, -0.15) is 0 Å². The number of carbonyl (C=O) groups is 2. The number of esters is 2. The van der Waals surface area contributed by atoms with Gasteiger partial charge in [0.1, 0.15) is 12.7 Å². The molecule has 5 heteroatoms. The zero-order valence-corrected chi connectivity index (χ0v) is 26.9. The minimum absolute atomic E-state index is 0.0235. The van der Waals surface area contributed by atoms with Crippen LogP contribution in [0.3, 0.4) is 0 Å². The highest BCUT2D eigenvalue weighted by atomic mass is 16.6. The van der Waals surface area contributed by atoms with E-state index < -0.39 is 0 Å². The fourth-order valence-electron chi connectivity index (χ4n) is 5.11. The van der Waals surface area contributed by atoms with Gasteiger partial charge in [-0.3, -0.25) is 9.59 Å². The molecule has 0 radical (unpaired) electrons. The Hall–Kier alpha value is -1.10. The van der Waals surface area contributed by atoms with Gasteiger partial charge in [-0.05, 0) is 52.7 Å². The molecule has 2 unspecified atom stereocenters. The molecule has 0 aromatic heterocycles. The SMILES string of the molecule is CCCCCCCCCCC(COC(=O)C(CCCC)CCCCCCCCCC)OC(=O)CCCN(C)C. The molecule has 0 bridgehead atoms. The Kier molecular flexibility index (Phi) is 27.6. The van der Waals surface area contributed by atoms with Crippen LogP contribution in [0.15, 0.2) is 0 Å². The lowest BCUT2D eigenvalue weighted by Crippen LogP contribution is -2.28. The van der Waals surface area contributed by atoms with E-state index in [0.29, 0.717) is 6.42 Å². The first-order valence-electron chi connectivity index (χ1n) is 16.9. The van der Waals surface area contributed by atoms with Gasteiger partial charge >= 0.3 is 11.9 Å². The Morgan fingerprint density at radius 3 is 1.56 bits per heavy atom. The summed E-state index contributed by atoms with van der Waals surface area (Å²) in [5.74, 6) is -0.278. The zero-order chi connectivity index (χ0) is 29.0. The molecule has 5 nitrogen and oxygen atoms in total. The summed E-state index contributed by atoms with van der Waals surface area (Å²) in [6.45, 7) is 7.75. The maximum Gasteiger partial charge on any atom is 0.309 e. The first-order chi connectivity index (χ1) is 18.9. The van der Waals surface area contributed by atoms with Crippen molar-refractivity contribution >= 4 is 11.9 Å². The van der Waals surface area contributed by atoms with Gasteiger partial charge < -0.3 is 14.4 Å². The van der Waals surface area contributed by atoms with Crippen LogP contribution in [0.1, 0.15) is 168 Å². The molecule has 0 saturated carbocycles. The van der Waals surface area contributed by atoms with Crippen LogP contribution in [0.4, 0.5) is 0 Å². The van der Waals surface area contributed by atoms with Gasteiger partial charge in [0.15, 0.2) is 0 Å². The second kappa shape index (κ2) is 28.4. The van der Waals surface area contributed by atoms with E-state index in [2.05, 4.69) is 25.7 Å². The summed E-state index contributed by atoms with van der Waals surface area (Å²) in [7, 11) is 4.02. The van der Waals surface area contributed by atoms with Crippen LogP contribution in [0.25, 0.3) is 0 Å². The number of unbranched alkanes of at least 4 members (excludes halogenated alkanes) is 15. The summed E-state index contributed by atoms with van der Waals surface area (Å²) in [6.07, 6.45) is 25.7. The number of nitrogens with zero attached hydrogens (tertiary/aromatic N) is 1. The number of hydrogen-bond acceptors (Lipinski definition) is 5. The van der Waals surface area contributed by atoms with Crippen molar-refractivity contribution in [3.05, 3.63) is 0 Å². The van der Waals surface area contributed by atoms with Gasteiger partial charge in [-0.15, -0.1) is 0 Å². The fourth-order valence-corrected chi connectivity index (χ4v) is 5.11. The minimum atomic E-state index is -0.323. The van der Waals surface area contributed by atoms with Crippen LogP contribution in [0, 0.1) is 5.92 Å². The second-order valence-electron chi connectivity index (χ2n) is 12.0. The molecular weight excluding hydrogens is 486 g/mol. The van der Waals surface area contributed by atoms with Crippen molar-refractivity contribution in [1.29, 1.82) is 0 Å². The van der Waals surface area contributed by atoms with Crippen molar-refractivity contribution in [2.45, 2.75) is 175 Å². The van der Waals surface area contributed by atoms with Crippen LogP contribution in [-0.2, 0) is 19.1 Å². The van der Waals surface area contributed by atoms with E-state index in [1.165, 1.54) is 83.5 Å². The molecule has 0 amide bonds. The maximum atomic E-state index is 13.1. The standard InChI is InChI=1S/C34H67NO4/c1-6-9-12-14-16-18-20-22-26-31(25-11-8-3)34(37)38-30-32(39-33(36)28-24-29-35(4)5)27-23-21-19-17-15-13-10-7-2/h31-32H,6-30H2,1-5H3. The number of rotatable bonds is 29. The third-order valence-electron chi connectivity index (χ3n) is 7.72. The van der Waals surface area contributed by atoms with Crippen molar-refractivity contribution in [2.24, 2.45) is 5.92 Å². The Morgan fingerprint density at radius 2 is 1.05 bits per heavy atom. The first-order valence-corrected chi connectivity index (χ1v) is 16.9. The lowest BCUT2D eigenvalue weighted by Gasteiger charge is -2.21. The smallest absolute Gasteiger partial charge is 0.309 e. The van der Waals surface area contributed by atoms with E-state index in [1.807, 2.05) is 14.1 Å². The van der Waals surface area contributed by atoms with Crippen LogP contribution in [0.5, 0.6) is 0 Å². The van der Waals surface area contributed by atoms with Crippen LogP contribution < -0.4 is 0 Å². The summed E-state index contributed by atoms with van der Waals surface area (Å²) >= 11 is 0. The summed E-state index contributed by atoms with van der Waals surface area (Å²) in [5.41, 5.74) is 0. The van der Waals surface area contributed by atoms with E-state index in [4.69, 9.17) is 9.47 Å². The Bertz CT molecular complexity index is 551. The zero-order valence-electron chi connectivity index (χ0n) is 26.9. The molecule has 0 N–H and O–H groups in total. The largest absolute Gasteiger partial charge is 0.462 e. The Balaban J connectivity index is 4.63. The summed E-state index contributed by atoms with van der Waals surface area (Å²) in [6, 6.07) is 0. The van der Waals surface area contributed by atoms with Crippen molar-refractivity contribution < 1.29 is 19.1 Å². The quantitative estimate of drug-likeness (QED) is 0.0681. The molecule has 39 heavy (non-hydrogen) atoms. The van der Waals surface area contributed by atoms with E-state index in [0.717, 1.165) is 64.3 Å². The van der Waals surface area contributed by atoms with Gasteiger partial charge in [-0.25, -0.2) is 0 Å². The molecule has 0 aliphatic rings. The predicted octanol–water partition coefficient (Wildman–Crippen LogP) is 9.65. The summed E-state index contributed by atoms with van der Waals surface area (Å²) < 4.78 is 11.6. The highest BCUT2D eigenvalue weighted by Gasteiger charge is 2.22. The van der Waals surface area contributed by atoms with Crippen molar-refractivity contribution in [1.82, 2.24) is 4.90 Å². The molecule has 0 aromatic carbocycles. The molecule has 232 valence electrons. The minimum Gasteiger partial charge on any atom is -0.462 e. The van der Waals surface area contributed by atoms with Crippen molar-refractivity contribution in [2.75, 3.05) is 27.2 Å². The van der Waals surface area contributed by atoms with Gasteiger partial charge in [0.05, 0.1) is 5.92 Å². The fraction of sp³-hybridized carbons (Fsp3) is 0.941. The average Bonchev–Trinajstić information content (AvgIpc) is 2.91. The highest BCUT2D eigenvalue weighted by Crippen LogP contribution is 2.21. The molecule has 0 fully saturated rings. The van der Waals surface area contributed by atoms with E-state index in [9.17, 15) is 9.59 Å². The highest BCUT2D eigenvalue weighted by molar-refractivity contribution is 5.72. The topological polar surface area (TPSA) is 55.8 Å². The number of hydrogen-bond donors (Lipinski definition) is 0. The third kappa shape index (κ3) is 25.6. The van der Waals surface area contributed by atoms with Crippen LogP contribution in [-0.4, -0.2) is 50.2 Å².